The lowest BCUT2D eigenvalue weighted by Gasteiger charge is -1.90. The average Bonchev–Trinajstić information content (AvgIpc) is 1.68. The Morgan fingerprint density at radius 3 is 2.71 bits per heavy atom. The summed E-state index contributed by atoms with van der Waals surface area (Å²) in [5, 5.41) is 0. The van der Waals surface area contributed by atoms with Crippen molar-refractivity contribution in [2.24, 2.45) is 5.73 Å². The molecule has 0 aliphatic carbocycles. The molecule has 0 spiro atoms. The summed E-state index contributed by atoms with van der Waals surface area (Å²) < 4.78 is 14.4. The van der Waals surface area contributed by atoms with Gasteiger partial charge in [0.25, 0.3) is 0 Å². The lowest BCUT2D eigenvalue weighted by Crippen LogP contribution is -2.17. The smallest absolute Gasteiger partial charge is 0.507 e. The van der Waals surface area contributed by atoms with Gasteiger partial charge in [-0.25, -0.2) is 0 Å². The van der Waals surface area contributed by atoms with Crippen LogP contribution in [0.3, 0.4) is 0 Å². The minimum atomic E-state index is -0.775. The molecule has 0 unspecified atom stereocenters. The lowest BCUT2D eigenvalue weighted by atomic mass is 10.5. The molecule has 2 N–H and O–H groups in total. The zero-order chi connectivity index (χ0) is 5.70. The lowest BCUT2D eigenvalue weighted by molar-refractivity contribution is -0.133. The molecule has 0 aromatic carbocycles. The number of halogens is 1. The van der Waals surface area contributed by atoms with Gasteiger partial charge < -0.3 is 10.4 Å². The van der Waals surface area contributed by atoms with E-state index in [9.17, 15) is 9.11 Å². The van der Waals surface area contributed by atoms with Crippen LogP contribution in [0.5, 0.6) is 0 Å². The highest BCUT2D eigenvalue weighted by molar-refractivity contribution is 6.21. The summed E-state index contributed by atoms with van der Waals surface area (Å²) in [7, 11) is -0.199. The van der Waals surface area contributed by atoms with Crippen LogP contribution >= 0.6 is 0 Å². The Balaban J connectivity index is 3.00. The van der Waals surface area contributed by atoms with Crippen molar-refractivity contribution >= 4 is 13.7 Å². The summed E-state index contributed by atoms with van der Waals surface area (Å²) in [5.74, 6) is -0.775. The van der Waals surface area contributed by atoms with Crippen LogP contribution in [0.1, 0.15) is 0 Å². The number of rotatable bonds is 2. The fourth-order valence-corrected chi connectivity index (χ4v) is 0.0978. The molecule has 0 aromatic heterocycles. The average molecular weight is 104 g/mol. The SMILES string of the molecule is NCC(=O)O[B]F. The van der Waals surface area contributed by atoms with Gasteiger partial charge >= 0.3 is 13.7 Å². The molecule has 7 heavy (non-hydrogen) atoms. The van der Waals surface area contributed by atoms with E-state index in [0.717, 1.165) is 0 Å². The Labute approximate surface area is 41.0 Å². The Morgan fingerprint density at radius 2 is 2.57 bits per heavy atom. The summed E-state index contributed by atoms with van der Waals surface area (Å²) in [5.41, 5.74) is 4.70. The van der Waals surface area contributed by atoms with Crippen LogP contribution in [0.15, 0.2) is 0 Å². The molecule has 5 heteroatoms. The van der Waals surface area contributed by atoms with Crippen LogP contribution in [0.25, 0.3) is 0 Å². The van der Waals surface area contributed by atoms with Gasteiger partial charge in [0.15, 0.2) is 0 Å². The molecule has 0 heterocycles. The van der Waals surface area contributed by atoms with Crippen LogP contribution in [-0.4, -0.2) is 20.3 Å². The molecular formula is C2H4BFNO2. The minimum Gasteiger partial charge on any atom is -0.507 e. The number of hydrogen-bond acceptors (Lipinski definition) is 3. The first-order valence-corrected chi connectivity index (χ1v) is 1.62. The van der Waals surface area contributed by atoms with Gasteiger partial charge in [0.1, 0.15) is 0 Å². The van der Waals surface area contributed by atoms with Gasteiger partial charge in [-0.05, 0) is 0 Å². The fraction of sp³-hybridized carbons (Fsp3) is 0.500. The number of nitrogens with two attached hydrogens (primary N) is 1. The second kappa shape index (κ2) is 3.61. The maximum absolute atomic E-state index is 10.8. The maximum atomic E-state index is 10.8. The Hall–Kier alpha value is -0.575. The van der Waals surface area contributed by atoms with Crippen molar-refractivity contribution in [3.8, 4) is 0 Å². The number of carbonyl (C=O) groups excluding carboxylic acids is 1. The summed E-state index contributed by atoms with van der Waals surface area (Å²) in [6, 6.07) is 0. The first kappa shape index (κ1) is 6.42. The van der Waals surface area contributed by atoms with E-state index < -0.39 is 5.97 Å². The van der Waals surface area contributed by atoms with Gasteiger partial charge in [0, 0.05) is 0 Å². The largest absolute Gasteiger partial charge is 0.617 e. The van der Waals surface area contributed by atoms with Crippen molar-refractivity contribution in [3.05, 3.63) is 0 Å². The molecule has 0 saturated heterocycles. The Kier molecular flexibility index (Phi) is 3.31. The first-order chi connectivity index (χ1) is 3.31. The molecule has 0 rings (SSSR count). The maximum Gasteiger partial charge on any atom is 0.617 e. The number of hydrogen-bond donors (Lipinski definition) is 1. The van der Waals surface area contributed by atoms with Gasteiger partial charge in [0.2, 0.25) is 0 Å². The van der Waals surface area contributed by atoms with Crippen LogP contribution in [0.2, 0.25) is 0 Å². The highest BCUT2D eigenvalue weighted by Gasteiger charge is 1.97. The second-order valence-corrected chi connectivity index (χ2v) is 0.783. The van der Waals surface area contributed by atoms with Crippen LogP contribution < -0.4 is 5.73 Å². The Morgan fingerprint density at radius 1 is 2.00 bits per heavy atom. The molecule has 0 atom stereocenters. The monoisotopic (exact) mass is 104 g/mol. The van der Waals surface area contributed by atoms with Gasteiger partial charge in [-0.15, -0.1) is 0 Å². The third-order valence-electron chi connectivity index (χ3n) is 0.343. The Bertz CT molecular complexity index is 68.7. The topological polar surface area (TPSA) is 52.3 Å². The van der Waals surface area contributed by atoms with Gasteiger partial charge in [-0.3, -0.25) is 9.11 Å². The van der Waals surface area contributed by atoms with Crippen molar-refractivity contribution < 1.29 is 13.8 Å². The first-order valence-electron chi connectivity index (χ1n) is 1.62. The third-order valence-corrected chi connectivity index (χ3v) is 0.343. The van der Waals surface area contributed by atoms with Gasteiger partial charge in [-0.2, -0.15) is 0 Å². The highest BCUT2D eigenvalue weighted by Crippen LogP contribution is 1.69. The third kappa shape index (κ3) is 3.25. The summed E-state index contributed by atoms with van der Waals surface area (Å²) >= 11 is 0. The molecule has 0 aromatic rings. The van der Waals surface area contributed by atoms with Crippen molar-refractivity contribution in [3.63, 3.8) is 0 Å². The molecule has 1 radical (unpaired) electrons. The van der Waals surface area contributed by atoms with Crippen LogP contribution in [0.4, 0.5) is 4.32 Å². The molecule has 0 saturated carbocycles. The van der Waals surface area contributed by atoms with Crippen LogP contribution in [-0.2, 0) is 9.45 Å². The van der Waals surface area contributed by atoms with Crippen LogP contribution in [0, 0.1) is 0 Å². The number of carbonyl (C=O) groups is 1. The normalized spacial score (nSPS) is 7.71. The summed E-state index contributed by atoms with van der Waals surface area (Å²) in [6.45, 7) is -0.291. The molecule has 0 aliphatic heterocycles. The van der Waals surface area contributed by atoms with E-state index in [2.05, 4.69) is 4.65 Å². The highest BCUT2D eigenvalue weighted by atomic mass is 19.1. The predicted molar refractivity (Wildman–Crippen MR) is 22.0 cm³/mol. The minimum absolute atomic E-state index is 0.199. The van der Waals surface area contributed by atoms with E-state index in [1.165, 1.54) is 0 Å². The summed E-state index contributed by atoms with van der Waals surface area (Å²) in [6.07, 6.45) is 0. The second-order valence-electron chi connectivity index (χ2n) is 0.783. The van der Waals surface area contributed by atoms with Gasteiger partial charge in [-0.1, -0.05) is 0 Å². The van der Waals surface area contributed by atoms with Crippen molar-refractivity contribution in [2.45, 2.75) is 0 Å². The fourth-order valence-electron chi connectivity index (χ4n) is 0.0978. The van der Waals surface area contributed by atoms with Crippen molar-refractivity contribution in [1.29, 1.82) is 0 Å². The molecular weight excluding hydrogens is 99.8 g/mol. The molecule has 0 amide bonds. The van der Waals surface area contributed by atoms with E-state index in [-0.39, 0.29) is 14.3 Å². The quantitative estimate of drug-likeness (QED) is 0.456. The van der Waals surface area contributed by atoms with E-state index >= 15 is 0 Å². The van der Waals surface area contributed by atoms with E-state index in [1.54, 1.807) is 0 Å². The molecule has 39 valence electrons. The van der Waals surface area contributed by atoms with E-state index in [0.29, 0.717) is 0 Å². The summed E-state index contributed by atoms with van der Waals surface area (Å²) in [4.78, 5) is 9.79. The molecule has 0 fully saturated rings. The van der Waals surface area contributed by atoms with Crippen molar-refractivity contribution in [1.82, 2.24) is 0 Å². The van der Waals surface area contributed by atoms with Gasteiger partial charge in [0.05, 0.1) is 6.54 Å². The standard InChI is InChI=1S/C2H4BFNO2/c4-3-7-2(6)1-5/h1,5H2. The predicted octanol–water partition coefficient (Wildman–Crippen LogP) is -1.01. The van der Waals surface area contributed by atoms with Crippen molar-refractivity contribution in [2.75, 3.05) is 6.54 Å². The zero-order valence-corrected chi connectivity index (χ0v) is 3.56. The molecule has 0 aliphatic rings. The van der Waals surface area contributed by atoms with E-state index in [4.69, 9.17) is 5.73 Å². The zero-order valence-electron chi connectivity index (χ0n) is 3.56. The molecule has 0 bridgehead atoms. The molecule has 3 nitrogen and oxygen atoms in total. The van der Waals surface area contributed by atoms with E-state index in [1.807, 2.05) is 0 Å².